The van der Waals surface area contributed by atoms with Gasteiger partial charge in [0.15, 0.2) is 0 Å². The molecule has 1 N–H and O–H groups in total. The topological polar surface area (TPSA) is 60.9 Å². The predicted molar refractivity (Wildman–Crippen MR) is 85.9 cm³/mol. The number of carboxylic acid groups (broad SMARTS) is 1. The number of amides is 1. The van der Waals surface area contributed by atoms with E-state index in [9.17, 15) is 14.7 Å². The van der Waals surface area contributed by atoms with Gasteiger partial charge in [0, 0.05) is 18.8 Å². The molecular weight excluding hydrogens is 280 g/mol. The molecule has 1 aromatic rings. The van der Waals surface area contributed by atoms with Gasteiger partial charge in [0.2, 0.25) is 5.91 Å². The van der Waals surface area contributed by atoms with Crippen molar-refractivity contribution >= 4 is 17.6 Å². The molecular formula is C17H24N2O3. The van der Waals surface area contributed by atoms with E-state index in [1.165, 1.54) is 0 Å². The lowest BCUT2D eigenvalue weighted by molar-refractivity contribution is -0.144. The number of piperidine rings is 1. The van der Waals surface area contributed by atoms with E-state index in [2.05, 4.69) is 0 Å². The van der Waals surface area contributed by atoms with Crippen molar-refractivity contribution in [2.45, 2.75) is 32.7 Å². The van der Waals surface area contributed by atoms with Crippen molar-refractivity contribution in [1.82, 2.24) is 4.90 Å². The van der Waals surface area contributed by atoms with Crippen molar-refractivity contribution in [3.8, 4) is 0 Å². The van der Waals surface area contributed by atoms with Crippen molar-refractivity contribution in [2.24, 2.45) is 5.92 Å². The zero-order chi connectivity index (χ0) is 16.1. The van der Waals surface area contributed by atoms with Gasteiger partial charge in [-0.05, 0) is 45.4 Å². The molecule has 5 heteroatoms. The quantitative estimate of drug-likeness (QED) is 0.906. The first-order valence-electron chi connectivity index (χ1n) is 7.87. The highest BCUT2D eigenvalue weighted by molar-refractivity contribution is 5.96. The van der Waals surface area contributed by atoms with Gasteiger partial charge in [-0.3, -0.25) is 14.5 Å². The number of hydrogen-bond donors (Lipinski definition) is 1. The summed E-state index contributed by atoms with van der Waals surface area (Å²) in [5.41, 5.74) is 0.883. The summed E-state index contributed by atoms with van der Waals surface area (Å²) in [6.07, 6.45) is 1.52. The van der Waals surface area contributed by atoms with Crippen LogP contribution in [0.2, 0.25) is 0 Å². The number of rotatable bonds is 5. The average molecular weight is 304 g/mol. The molecule has 1 aromatic carbocycles. The van der Waals surface area contributed by atoms with Crippen molar-refractivity contribution in [3.05, 3.63) is 30.3 Å². The molecule has 1 aliphatic heterocycles. The first-order chi connectivity index (χ1) is 10.5. The highest BCUT2D eigenvalue weighted by Crippen LogP contribution is 2.21. The van der Waals surface area contributed by atoms with Gasteiger partial charge in [-0.2, -0.15) is 0 Å². The van der Waals surface area contributed by atoms with Crippen LogP contribution >= 0.6 is 0 Å². The number of hydrogen-bond acceptors (Lipinski definition) is 3. The normalized spacial score (nSPS) is 20.4. The molecule has 2 unspecified atom stereocenters. The number of likely N-dealkylation sites (N-methyl/N-ethyl adjacent to an activating group) is 1. The van der Waals surface area contributed by atoms with Gasteiger partial charge < -0.3 is 10.0 Å². The number of carbonyl (C=O) groups is 2. The zero-order valence-electron chi connectivity index (χ0n) is 13.2. The van der Waals surface area contributed by atoms with Crippen LogP contribution in [0.5, 0.6) is 0 Å². The Morgan fingerprint density at radius 2 is 2.05 bits per heavy atom. The van der Waals surface area contributed by atoms with E-state index in [1.54, 1.807) is 4.90 Å². The van der Waals surface area contributed by atoms with Gasteiger partial charge in [-0.15, -0.1) is 0 Å². The summed E-state index contributed by atoms with van der Waals surface area (Å²) in [5.74, 6) is -1.10. The maximum Gasteiger partial charge on any atom is 0.307 e. The second-order valence-corrected chi connectivity index (χ2v) is 5.77. The van der Waals surface area contributed by atoms with Crippen molar-refractivity contribution in [3.63, 3.8) is 0 Å². The number of benzene rings is 1. The largest absolute Gasteiger partial charge is 0.481 e. The fourth-order valence-corrected chi connectivity index (χ4v) is 3.02. The van der Waals surface area contributed by atoms with E-state index >= 15 is 0 Å². The Balaban J connectivity index is 2.08. The molecule has 0 spiro atoms. The number of anilines is 1. The molecule has 1 heterocycles. The molecule has 1 amide bonds. The molecule has 5 nitrogen and oxygen atoms in total. The summed E-state index contributed by atoms with van der Waals surface area (Å²) < 4.78 is 0. The van der Waals surface area contributed by atoms with Gasteiger partial charge in [0.05, 0.1) is 12.0 Å². The number of para-hydroxylation sites is 1. The summed E-state index contributed by atoms with van der Waals surface area (Å²) in [5, 5.41) is 9.19. The van der Waals surface area contributed by atoms with Crippen molar-refractivity contribution in [2.75, 3.05) is 24.5 Å². The fourth-order valence-electron chi connectivity index (χ4n) is 3.02. The Hall–Kier alpha value is -1.88. The Labute approximate surface area is 131 Å². The second kappa shape index (κ2) is 7.40. The number of carboxylic acids is 1. The first kappa shape index (κ1) is 16.5. The molecule has 22 heavy (non-hydrogen) atoms. The van der Waals surface area contributed by atoms with Gasteiger partial charge in [0.1, 0.15) is 0 Å². The highest BCUT2D eigenvalue weighted by atomic mass is 16.4. The van der Waals surface area contributed by atoms with Crippen LogP contribution in [0.1, 0.15) is 26.7 Å². The Morgan fingerprint density at radius 1 is 1.36 bits per heavy atom. The summed E-state index contributed by atoms with van der Waals surface area (Å²) in [6, 6.07) is 9.29. The lowest BCUT2D eigenvalue weighted by Gasteiger charge is -2.36. The van der Waals surface area contributed by atoms with E-state index in [4.69, 9.17) is 0 Å². The zero-order valence-corrected chi connectivity index (χ0v) is 13.2. The molecule has 2 rings (SSSR count). The Kier molecular flexibility index (Phi) is 5.55. The third kappa shape index (κ3) is 3.65. The average Bonchev–Trinajstić information content (AvgIpc) is 2.55. The minimum Gasteiger partial charge on any atom is -0.481 e. The van der Waals surface area contributed by atoms with E-state index in [-0.39, 0.29) is 17.9 Å². The summed E-state index contributed by atoms with van der Waals surface area (Å²) in [6.45, 7) is 5.66. The molecule has 0 aliphatic carbocycles. The molecule has 1 fully saturated rings. The Morgan fingerprint density at radius 3 is 2.64 bits per heavy atom. The third-order valence-corrected chi connectivity index (χ3v) is 4.36. The van der Waals surface area contributed by atoms with Crippen LogP contribution in [-0.2, 0) is 9.59 Å². The lowest BCUT2D eigenvalue weighted by Crippen LogP contribution is -2.51. The SMILES string of the molecule is CCN(C(=O)C(C)N1CCCC(C(=O)O)C1)c1ccccc1. The number of aliphatic carboxylic acids is 1. The molecule has 0 radical (unpaired) electrons. The van der Waals surface area contributed by atoms with Crippen LogP contribution in [0.3, 0.4) is 0 Å². The van der Waals surface area contributed by atoms with E-state index in [0.717, 1.165) is 18.7 Å². The maximum atomic E-state index is 12.8. The second-order valence-electron chi connectivity index (χ2n) is 5.77. The summed E-state index contributed by atoms with van der Waals surface area (Å²) >= 11 is 0. The van der Waals surface area contributed by atoms with E-state index in [0.29, 0.717) is 19.5 Å². The lowest BCUT2D eigenvalue weighted by atomic mass is 9.97. The minimum atomic E-state index is -0.764. The monoisotopic (exact) mass is 304 g/mol. The molecule has 0 saturated carbocycles. The van der Waals surface area contributed by atoms with Gasteiger partial charge in [0.25, 0.3) is 0 Å². The molecule has 2 atom stereocenters. The van der Waals surface area contributed by atoms with Crippen molar-refractivity contribution in [1.29, 1.82) is 0 Å². The molecule has 1 aliphatic rings. The molecule has 120 valence electrons. The maximum absolute atomic E-state index is 12.8. The summed E-state index contributed by atoms with van der Waals surface area (Å²) in [4.78, 5) is 27.7. The van der Waals surface area contributed by atoms with E-state index in [1.807, 2.05) is 49.1 Å². The molecule has 0 bridgehead atoms. The fraction of sp³-hybridized carbons (Fsp3) is 0.529. The first-order valence-corrected chi connectivity index (χ1v) is 7.87. The standard InChI is InChI=1S/C17H24N2O3/c1-3-19(15-9-5-4-6-10-15)16(20)13(2)18-11-7-8-14(12-18)17(21)22/h4-6,9-10,13-14H,3,7-8,11-12H2,1-2H3,(H,21,22). The van der Waals surface area contributed by atoms with Crippen molar-refractivity contribution < 1.29 is 14.7 Å². The molecule has 0 aromatic heterocycles. The van der Waals surface area contributed by atoms with Crippen LogP contribution in [0.4, 0.5) is 5.69 Å². The summed E-state index contributed by atoms with van der Waals surface area (Å²) in [7, 11) is 0. The van der Waals surface area contributed by atoms with Crippen LogP contribution in [0, 0.1) is 5.92 Å². The third-order valence-electron chi connectivity index (χ3n) is 4.36. The minimum absolute atomic E-state index is 0.0275. The van der Waals surface area contributed by atoms with Gasteiger partial charge in [-0.1, -0.05) is 18.2 Å². The van der Waals surface area contributed by atoms with Crippen LogP contribution in [0.25, 0.3) is 0 Å². The van der Waals surface area contributed by atoms with Crippen LogP contribution < -0.4 is 4.90 Å². The van der Waals surface area contributed by atoms with Gasteiger partial charge in [-0.25, -0.2) is 0 Å². The van der Waals surface area contributed by atoms with Gasteiger partial charge >= 0.3 is 5.97 Å². The molecule has 1 saturated heterocycles. The van der Waals surface area contributed by atoms with E-state index < -0.39 is 5.97 Å². The Bertz CT molecular complexity index is 518. The number of nitrogens with zero attached hydrogens (tertiary/aromatic N) is 2. The smallest absolute Gasteiger partial charge is 0.307 e. The number of carbonyl (C=O) groups excluding carboxylic acids is 1. The number of likely N-dealkylation sites (tertiary alicyclic amines) is 1. The highest BCUT2D eigenvalue weighted by Gasteiger charge is 2.32. The van der Waals surface area contributed by atoms with Crippen LogP contribution in [-0.4, -0.2) is 47.6 Å². The van der Waals surface area contributed by atoms with Crippen LogP contribution in [0.15, 0.2) is 30.3 Å². The predicted octanol–water partition coefficient (Wildman–Crippen LogP) is 2.22.